The molecule has 5 nitrogen and oxygen atoms in total. The van der Waals surface area contributed by atoms with Crippen LogP contribution in [-0.4, -0.2) is 16.4 Å². The zero-order valence-corrected chi connectivity index (χ0v) is 13.6. The lowest BCUT2D eigenvalue weighted by Crippen LogP contribution is -1.90. The third-order valence-electron chi connectivity index (χ3n) is 3.00. The molecule has 24 heavy (non-hydrogen) atoms. The van der Waals surface area contributed by atoms with Crippen molar-refractivity contribution >= 4 is 29.4 Å². The van der Waals surface area contributed by atoms with Crippen LogP contribution in [0.2, 0.25) is 10.0 Å². The molecule has 0 unspecified atom stereocenters. The molecule has 0 bridgehead atoms. The second kappa shape index (κ2) is 7.42. The van der Waals surface area contributed by atoms with Gasteiger partial charge in [-0.3, -0.25) is 0 Å². The van der Waals surface area contributed by atoms with E-state index in [0.29, 0.717) is 21.2 Å². The van der Waals surface area contributed by atoms with E-state index >= 15 is 0 Å². The molecule has 0 atom stereocenters. The fourth-order valence-corrected chi connectivity index (χ4v) is 2.33. The molecule has 2 aromatic carbocycles. The number of oxime groups is 1. The van der Waals surface area contributed by atoms with Gasteiger partial charge in [0.05, 0.1) is 16.3 Å². The molecule has 0 aliphatic rings. The highest BCUT2D eigenvalue weighted by molar-refractivity contribution is 6.38. The molecule has 122 valence electrons. The second-order valence-corrected chi connectivity index (χ2v) is 5.47. The van der Waals surface area contributed by atoms with Crippen LogP contribution in [0.4, 0.5) is 4.39 Å². The Morgan fingerprint density at radius 3 is 2.50 bits per heavy atom. The van der Waals surface area contributed by atoms with E-state index in [1.54, 1.807) is 30.3 Å². The summed E-state index contributed by atoms with van der Waals surface area (Å²) in [4.78, 5) is 5.10. The largest absolute Gasteiger partial charge is 0.417 e. The molecular weight excluding hydrogens is 356 g/mol. The van der Waals surface area contributed by atoms with E-state index in [1.165, 1.54) is 18.3 Å². The minimum absolute atomic E-state index is 0.0211. The molecule has 3 aromatic rings. The minimum Gasteiger partial charge on any atom is -0.417 e. The first-order valence-electron chi connectivity index (χ1n) is 6.81. The van der Waals surface area contributed by atoms with Crippen molar-refractivity contribution in [2.45, 2.75) is 6.61 Å². The maximum absolute atomic E-state index is 12.9. The van der Waals surface area contributed by atoms with Gasteiger partial charge in [0, 0.05) is 11.1 Å². The Kier molecular flexibility index (Phi) is 5.08. The Bertz CT molecular complexity index is 846. The third-order valence-corrected chi connectivity index (χ3v) is 3.66. The van der Waals surface area contributed by atoms with Gasteiger partial charge in [0.2, 0.25) is 5.89 Å². The molecule has 3 rings (SSSR count). The molecule has 0 fully saturated rings. The topological polar surface area (TPSA) is 60.5 Å². The lowest BCUT2D eigenvalue weighted by Gasteiger charge is -2.00. The second-order valence-electron chi connectivity index (χ2n) is 4.65. The maximum atomic E-state index is 12.9. The Morgan fingerprint density at radius 1 is 1.08 bits per heavy atom. The molecule has 0 spiro atoms. The van der Waals surface area contributed by atoms with E-state index in [0.717, 1.165) is 0 Å². The number of halogens is 3. The number of hydrogen-bond donors (Lipinski definition) is 0. The van der Waals surface area contributed by atoms with Gasteiger partial charge in [0.15, 0.2) is 6.61 Å². The van der Waals surface area contributed by atoms with Gasteiger partial charge in [-0.1, -0.05) is 34.4 Å². The molecule has 0 amide bonds. The number of benzene rings is 2. The smallest absolute Gasteiger partial charge is 0.257 e. The van der Waals surface area contributed by atoms with E-state index in [9.17, 15) is 4.39 Å². The van der Waals surface area contributed by atoms with Crippen molar-refractivity contribution in [3.05, 3.63) is 69.8 Å². The van der Waals surface area contributed by atoms with Crippen LogP contribution < -0.4 is 0 Å². The van der Waals surface area contributed by atoms with Crippen molar-refractivity contribution in [3.63, 3.8) is 0 Å². The van der Waals surface area contributed by atoms with Gasteiger partial charge in [0.25, 0.3) is 5.89 Å². The average molecular weight is 366 g/mol. The zero-order valence-electron chi connectivity index (χ0n) is 12.1. The van der Waals surface area contributed by atoms with E-state index in [1.807, 2.05) is 0 Å². The highest BCUT2D eigenvalue weighted by Gasteiger charge is 2.09. The van der Waals surface area contributed by atoms with E-state index in [-0.39, 0.29) is 24.2 Å². The summed E-state index contributed by atoms with van der Waals surface area (Å²) < 4.78 is 18.3. The van der Waals surface area contributed by atoms with Gasteiger partial charge >= 0.3 is 0 Å². The number of nitrogens with zero attached hydrogens (tertiary/aromatic N) is 3. The SMILES string of the molecule is Fc1ccc(-c2nnc(CO/N=C\c3c(Cl)cccc3Cl)o2)cc1. The van der Waals surface area contributed by atoms with Crippen molar-refractivity contribution in [1.29, 1.82) is 0 Å². The lowest BCUT2D eigenvalue weighted by molar-refractivity contribution is 0.112. The van der Waals surface area contributed by atoms with Crippen LogP contribution in [0.3, 0.4) is 0 Å². The number of hydrogen-bond acceptors (Lipinski definition) is 5. The summed E-state index contributed by atoms with van der Waals surface area (Å²) in [5.74, 6) is 0.165. The van der Waals surface area contributed by atoms with Crippen LogP contribution >= 0.6 is 23.2 Å². The van der Waals surface area contributed by atoms with Gasteiger partial charge in [-0.05, 0) is 36.4 Å². The highest BCUT2D eigenvalue weighted by atomic mass is 35.5. The molecule has 1 aromatic heterocycles. The van der Waals surface area contributed by atoms with E-state index in [4.69, 9.17) is 32.5 Å². The molecule has 8 heteroatoms. The molecule has 0 saturated carbocycles. The Balaban J connectivity index is 1.62. The molecule has 0 aliphatic heterocycles. The monoisotopic (exact) mass is 365 g/mol. The van der Waals surface area contributed by atoms with Crippen LogP contribution in [0.5, 0.6) is 0 Å². The highest BCUT2D eigenvalue weighted by Crippen LogP contribution is 2.22. The fourth-order valence-electron chi connectivity index (χ4n) is 1.84. The maximum Gasteiger partial charge on any atom is 0.257 e. The Hall–Kier alpha value is -2.44. The van der Waals surface area contributed by atoms with Crippen LogP contribution in [0.15, 0.2) is 52.0 Å². The summed E-state index contributed by atoms with van der Waals surface area (Å²) in [5.41, 5.74) is 1.17. The quantitative estimate of drug-likeness (QED) is 0.484. The summed E-state index contributed by atoms with van der Waals surface area (Å²) in [7, 11) is 0. The first kappa shape index (κ1) is 16.4. The van der Waals surface area contributed by atoms with E-state index in [2.05, 4.69) is 15.4 Å². The molecular formula is C16H10Cl2FN3O2. The summed E-state index contributed by atoms with van der Waals surface area (Å²) in [6.07, 6.45) is 1.40. The van der Waals surface area contributed by atoms with Gasteiger partial charge in [0.1, 0.15) is 5.82 Å². The van der Waals surface area contributed by atoms with Gasteiger partial charge in [-0.2, -0.15) is 0 Å². The van der Waals surface area contributed by atoms with Crippen molar-refractivity contribution in [2.24, 2.45) is 5.16 Å². The van der Waals surface area contributed by atoms with Crippen LogP contribution in [-0.2, 0) is 11.4 Å². The fraction of sp³-hybridized carbons (Fsp3) is 0.0625. The van der Waals surface area contributed by atoms with Crippen molar-refractivity contribution < 1.29 is 13.6 Å². The molecule has 0 aliphatic carbocycles. The summed E-state index contributed by atoms with van der Waals surface area (Å²) in [6, 6.07) is 10.8. The third kappa shape index (κ3) is 3.90. The van der Waals surface area contributed by atoms with Crippen molar-refractivity contribution in [1.82, 2.24) is 10.2 Å². The standard InChI is InChI=1S/C16H10Cl2FN3O2/c17-13-2-1-3-14(18)12(13)8-20-23-9-15-21-22-16(24-15)10-4-6-11(19)7-5-10/h1-8H,9H2/b20-8-. The van der Waals surface area contributed by atoms with Gasteiger partial charge in [-0.25, -0.2) is 4.39 Å². The average Bonchev–Trinajstić information content (AvgIpc) is 3.03. The predicted molar refractivity (Wildman–Crippen MR) is 88.5 cm³/mol. The Morgan fingerprint density at radius 2 is 1.79 bits per heavy atom. The van der Waals surface area contributed by atoms with Crippen LogP contribution in [0.25, 0.3) is 11.5 Å². The molecule has 0 saturated heterocycles. The van der Waals surface area contributed by atoms with Gasteiger partial charge < -0.3 is 9.25 Å². The van der Waals surface area contributed by atoms with Gasteiger partial charge in [-0.15, -0.1) is 10.2 Å². The van der Waals surface area contributed by atoms with Crippen LogP contribution in [0.1, 0.15) is 11.5 Å². The van der Waals surface area contributed by atoms with E-state index < -0.39 is 0 Å². The first-order chi connectivity index (χ1) is 11.6. The summed E-state index contributed by atoms with van der Waals surface area (Å²) in [5, 5.41) is 12.4. The minimum atomic E-state index is -0.339. The summed E-state index contributed by atoms with van der Waals surface area (Å²) in [6.45, 7) is -0.0211. The summed E-state index contributed by atoms with van der Waals surface area (Å²) >= 11 is 12.0. The number of aromatic nitrogens is 2. The van der Waals surface area contributed by atoms with Crippen molar-refractivity contribution in [2.75, 3.05) is 0 Å². The molecule has 0 radical (unpaired) electrons. The molecule has 1 heterocycles. The predicted octanol–water partition coefficient (Wildman–Crippen LogP) is 4.73. The molecule has 0 N–H and O–H groups in total. The zero-order chi connectivity index (χ0) is 16.9. The van der Waals surface area contributed by atoms with Crippen molar-refractivity contribution in [3.8, 4) is 11.5 Å². The number of rotatable bonds is 5. The first-order valence-corrected chi connectivity index (χ1v) is 7.57. The lowest BCUT2D eigenvalue weighted by atomic mass is 10.2. The normalized spacial score (nSPS) is 11.1. The van der Waals surface area contributed by atoms with Crippen LogP contribution in [0, 0.1) is 5.82 Å². The Labute approximate surface area is 146 Å².